The monoisotopic (exact) mass is 244 g/mol. The summed E-state index contributed by atoms with van der Waals surface area (Å²) in [5, 5.41) is 3.42. The number of rotatable bonds is 8. The summed E-state index contributed by atoms with van der Waals surface area (Å²) in [6.07, 6.45) is 1.55. The van der Waals surface area contributed by atoms with Gasteiger partial charge in [0.15, 0.2) is 0 Å². The number of hydrogen-bond acceptors (Lipinski definition) is 4. The molecular weight excluding hydrogens is 216 g/mol. The van der Waals surface area contributed by atoms with Gasteiger partial charge in [-0.05, 0) is 20.3 Å². The molecule has 1 N–H and O–H groups in total. The molecular formula is C13H28N2O2. The van der Waals surface area contributed by atoms with Gasteiger partial charge in [0.1, 0.15) is 0 Å². The lowest BCUT2D eigenvalue weighted by Crippen LogP contribution is -2.50. The molecule has 0 spiro atoms. The SMILES string of the molecule is CCOCCNCCN1CC(C)OCC1CC. The van der Waals surface area contributed by atoms with Crippen LogP contribution in [0.3, 0.4) is 0 Å². The summed E-state index contributed by atoms with van der Waals surface area (Å²) >= 11 is 0. The molecule has 0 aromatic heterocycles. The molecule has 1 heterocycles. The normalized spacial score (nSPS) is 26.3. The van der Waals surface area contributed by atoms with Gasteiger partial charge in [-0.25, -0.2) is 0 Å². The Morgan fingerprint density at radius 3 is 2.88 bits per heavy atom. The van der Waals surface area contributed by atoms with Crippen molar-refractivity contribution in [3.05, 3.63) is 0 Å². The highest BCUT2D eigenvalue weighted by molar-refractivity contribution is 4.77. The van der Waals surface area contributed by atoms with Gasteiger partial charge < -0.3 is 14.8 Å². The minimum atomic E-state index is 0.376. The van der Waals surface area contributed by atoms with Crippen molar-refractivity contribution in [1.82, 2.24) is 10.2 Å². The third-order valence-corrected chi connectivity index (χ3v) is 3.26. The van der Waals surface area contributed by atoms with Gasteiger partial charge in [0.25, 0.3) is 0 Å². The molecule has 2 unspecified atom stereocenters. The van der Waals surface area contributed by atoms with E-state index in [-0.39, 0.29) is 0 Å². The van der Waals surface area contributed by atoms with Gasteiger partial charge in [0.05, 0.1) is 19.3 Å². The fraction of sp³-hybridized carbons (Fsp3) is 1.00. The molecule has 102 valence electrons. The van der Waals surface area contributed by atoms with Crippen molar-refractivity contribution in [1.29, 1.82) is 0 Å². The van der Waals surface area contributed by atoms with Crippen LogP contribution in [0.1, 0.15) is 27.2 Å². The first-order chi connectivity index (χ1) is 8.27. The fourth-order valence-corrected chi connectivity index (χ4v) is 2.20. The standard InChI is InChI=1S/C13H28N2O2/c1-4-13-11-17-12(3)10-15(13)8-6-14-7-9-16-5-2/h12-14H,4-11H2,1-3H3. The molecule has 0 amide bonds. The average molecular weight is 244 g/mol. The third-order valence-electron chi connectivity index (χ3n) is 3.26. The largest absolute Gasteiger partial charge is 0.380 e. The lowest BCUT2D eigenvalue weighted by molar-refractivity contribution is -0.0551. The molecule has 0 radical (unpaired) electrons. The van der Waals surface area contributed by atoms with E-state index in [1.807, 2.05) is 6.92 Å². The first-order valence-electron chi connectivity index (χ1n) is 6.92. The van der Waals surface area contributed by atoms with Crippen molar-refractivity contribution in [2.75, 3.05) is 46.0 Å². The molecule has 4 nitrogen and oxygen atoms in total. The van der Waals surface area contributed by atoms with Gasteiger partial charge in [-0.2, -0.15) is 0 Å². The maximum absolute atomic E-state index is 5.69. The lowest BCUT2D eigenvalue weighted by atomic mass is 10.1. The molecule has 1 aliphatic rings. The zero-order chi connectivity index (χ0) is 12.5. The Kier molecular flexibility index (Phi) is 7.77. The van der Waals surface area contributed by atoms with E-state index in [0.717, 1.165) is 46.0 Å². The Morgan fingerprint density at radius 1 is 1.35 bits per heavy atom. The summed E-state index contributed by atoms with van der Waals surface area (Å²) in [6.45, 7) is 13.1. The number of ether oxygens (including phenoxy) is 2. The topological polar surface area (TPSA) is 33.7 Å². The van der Waals surface area contributed by atoms with Gasteiger partial charge in [0, 0.05) is 38.8 Å². The molecule has 0 aromatic carbocycles. The molecule has 4 heteroatoms. The van der Waals surface area contributed by atoms with Crippen LogP contribution in [0.2, 0.25) is 0 Å². The summed E-state index contributed by atoms with van der Waals surface area (Å²) in [7, 11) is 0. The minimum absolute atomic E-state index is 0.376. The van der Waals surface area contributed by atoms with Crippen LogP contribution >= 0.6 is 0 Å². The lowest BCUT2D eigenvalue weighted by Gasteiger charge is -2.38. The molecule has 0 bridgehead atoms. The van der Waals surface area contributed by atoms with E-state index in [2.05, 4.69) is 24.1 Å². The smallest absolute Gasteiger partial charge is 0.0674 e. The van der Waals surface area contributed by atoms with Gasteiger partial charge in [-0.1, -0.05) is 6.92 Å². The second-order valence-corrected chi connectivity index (χ2v) is 4.65. The van der Waals surface area contributed by atoms with Crippen LogP contribution in [0.25, 0.3) is 0 Å². The van der Waals surface area contributed by atoms with Crippen LogP contribution in [0.5, 0.6) is 0 Å². The van der Waals surface area contributed by atoms with Crippen LogP contribution in [0, 0.1) is 0 Å². The molecule has 2 atom stereocenters. The molecule has 17 heavy (non-hydrogen) atoms. The molecule has 1 saturated heterocycles. The van der Waals surface area contributed by atoms with E-state index in [0.29, 0.717) is 12.1 Å². The first-order valence-corrected chi connectivity index (χ1v) is 6.92. The molecule has 0 aromatic rings. The van der Waals surface area contributed by atoms with Gasteiger partial charge in [-0.15, -0.1) is 0 Å². The van der Waals surface area contributed by atoms with Crippen LogP contribution in [0.15, 0.2) is 0 Å². The summed E-state index contributed by atoms with van der Waals surface area (Å²) in [6, 6.07) is 0.597. The Balaban J connectivity index is 2.10. The van der Waals surface area contributed by atoms with E-state index in [1.165, 1.54) is 6.42 Å². The van der Waals surface area contributed by atoms with E-state index in [4.69, 9.17) is 9.47 Å². The predicted molar refractivity (Wildman–Crippen MR) is 70.4 cm³/mol. The quantitative estimate of drug-likeness (QED) is 0.649. The summed E-state index contributed by atoms with van der Waals surface area (Å²) in [4.78, 5) is 2.54. The number of nitrogens with one attached hydrogen (secondary N) is 1. The average Bonchev–Trinajstić information content (AvgIpc) is 2.34. The highest BCUT2D eigenvalue weighted by atomic mass is 16.5. The highest BCUT2D eigenvalue weighted by Crippen LogP contribution is 2.13. The zero-order valence-corrected chi connectivity index (χ0v) is 11.6. The molecule has 0 saturated carbocycles. The molecule has 1 fully saturated rings. The minimum Gasteiger partial charge on any atom is -0.380 e. The second-order valence-electron chi connectivity index (χ2n) is 4.65. The molecule has 1 aliphatic heterocycles. The van der Waals surface area contributed by atoms with Crippen molar-refractivity contribution in [2.24, 2.45) is 0 Å². The van der Waals surface area contributed by atoms with E-state index < -0.39 is 0 Å². The summed E-state index contributed by atoms with van der Waals surface area (Å²) < 4.78 is 11.0. The zero-order valence-electron chi connectivity index (χ0n) is 11.6. The van der Waals surface area contributed by atoms with Crippen molar-refractivity contribution in [3.8, 4) is 0 Å². The Morgan fingerprint density at radius 2 is 2.18 bits per heavy atom. The third kappa shape index (κ3) is 5.82. The maximum Gasteiger partial charge on any atom is 0.0674 e. The fourth-order valence-electron chi connectivity index (χ4n) is 2.20. The highest BCUT2D eigenvalue weighted by Gasteiger charge is 2.24. The molecule has 0 aliphatic carbocycles. The van der Waals surface area contributed by atoms with Crippen LogP contribution in [0.4, 0.5) is 0 Å². The van der Waals surface area contributed by atoms with Crippen LogP contribution in [-0.4, -0.2) is 63.0 Å². The Labute approximate surface area is 106 Å². The van der Waals surface area contributed by atoms with Crippen molar-refractivity contribution >= 4 is 0 Å². The molecule has 1 rings (SSSR count). The van der Waals surface area contributed by atoms with Crippen molar-refractivity contribution in [2.45, 2.75) is 39.3 Å². The van der Waals surface area contributed by atoms with Crippen molar-refractivity contribution < 1.29 is 9.47 Å². The van der Waals surface area contributed by atoms with E-state index in [9.17, 15) is 0 Å². The number of nitrogens with zero attached hydrogens (tertiary/aromatic N) is 1. The summed E-state index contributed by atoms with van der Waals surface area (Å²) in [5.74, 6) is 0. The Bertz CT molecular complexity index is 190. The van der Waals surface area contributed by atoms with Gasteiger partial charge >= 0.3 is 0 Å². The van der Waals surface area contributed by atoms with E-state index >= 15 is 0 Å². The van der Waals surface area contributed by atoms with Crippen LogP contribution in [-0.2, 0) is 9.47 Å². The number of hydrogen-bond donors (Lipinski definition) is 1. The number of morpholine rings is 1. The summed E-state index contributed by atoms with van der Waals surface area (Å²) in [5.41, 5.74) is 0. The van der Waals surface area contributed by atoms with Crippen molar-refractivity contribution in [3.63, 3.8) is 0 Å². The predicted octanol–water partition coefficient (Wildman–Crippen LogP) is 1.11. The van der Waals surface area contributed by atoms with Gasteiger partial charge in [0.2, 0.25) is 0 Å². The van der Waals surface area contributed by atoms with E-state index in [1.54, 1.807) is 0 Å². The van der Waals surface area contributed by atoms with Crippen LogP contribution < -0.4 is 5.32 Å². The Hall–Kier alpha value is -0.160. The first kappa shape index (κ1) is 14.9. The van der Waals surface area contributed by atoms with Gasteiger partial charge in [-0.3, -0.25) is 4.90 Å². The second kappa shape index (κ2) is 8.86. The maximum atomic E-state index is 5.69.